The second-order valence-electron chi connectivity index (χ2n) is 3.76. The fourth-order valence-corrected chi connectivity index (χ4v) is 1.18. The number of aliphatic hydroxyl groups is 1. The molecule has 0 aromatic heterocycles. The largest absolute Gasteiger partial charge is 0.484 e. The average Bonchev–Trinajstić information content (AvgIpc) is 2.42. The van der Waals surface area contributed by atoms with Crippen molar-refractivity contribution in [3.05, 3.63) is 34.4 Å². The van der Waals surface area contributed by atoms with E-state index in [1.165, 1.54) is 24.3 Å². The van der Waals surface area contributed by atoms with Gasteiger partial charge in [0.15, 0.2) is 6.61 Å². The highest BCUT2D eigenvalue weighted by molar-refractivity contribution is 5.81. The first-order valence-corrected chi connectivity index (χ1v) is 5.51. The molecule has 0 aliphatic rings. The lowest BCUT2D eigenvalue weighted by atomic mass is 10.3. The van der Waals surface area contributed by atoms with Gasteiger partial charge in [0.1, 0.15) is 11.9 Å². The number of rotatable bonds is 7. The van der Waals surface area contributed by atoms with Crippen molar-refractivity contribution in [3.8, 4) is 5.75 Å². The van der Waals surface area contributed by atoms with Gasteiger partial charge in [0.25, 0.3) is 11.6 Å². The van der Waals surface area contributed by atoms with Gasteiger partial charge in [-0.3, -0.25) is 19.7 Å². The van der Waals surface area contributed by atoms with E-state index in [4.69, 9.17) is 15.6 Å². The molecule has 4 N–H and O–H groups in total. The van der Waals surface area contributed by atoms with Crippen molar-refractivity contribution in [1.82, 2.24) is 5.32 Å². The van der Waals surface area contributed by atoms with Crippen molar-refractivity contribution in [2.45, 2.75) is 6.10 Å². The Kier molecular flexibility index (Phi) is 5.42. The zero-order chi connectivity index (χ0) is 15.1. The molecule has 9 nitrogen and oxygen atoms in total. The highest BCUT2D eigenvalue weighted by atomic mass is 16.6. The van der Waals surface area contributed by atoms with Crippen LogP contribution in [0.25, 0.3) is 0 Å². The molecular weight excluding hydrogens is 270 g/mol. The summed E-state index contributed by atoms with van der Waals surface area (Å²) in [6, 6.07) is 5.18. The topological polar surface area (TPSA) is 145 Å². The van der Waals surface area contributed by atoms with Crippen LogP contribution in [0.5, 0.6) is 5.75 Å². The predicted octanol–water partition coefficient (Wildman–Crippen LogP) is -1.06. The van der Waals surface area contributed by atoms with Crippen LogP contribution in [0.1, 0.15) is 0 Å². The number of benzene rings is 1. The number of non-ortho nitro benzene ring substituents is 1. The maximum absolute atomic E-state index is 11.3. The number of nitrogens with two attached hydrogens (primary N) is 1. The Bertz CT molecular complexity index is 501. The van der Waals surface area contributed by atoms with Crippen molar-refractivity contribution in [3.63, 3.8) is 0 Å². The molecule has 0 fully saturated rings. The monoisotopic (exact) mass is 283 g/mol. The number of nitrogens with zero attached hydrogens (tertiary/aromatic N) is 1. The number of nitro groups is 1. The Morgan fingerprint density at radius 1 is 1.40 bits per heavy atom. The van der Waals surface area contributed by atoms with Gasteiger partial charge in [-0.25, -0.2) is 0 Å². The predicted molar refractivity (Wildman–Crippen MR) is 66.8 cm³/mol. The summed E-state index contributed by atoms with van der Waals surface area (Å²) in [5.41, 5.74) is 4.71. The maximum atomic E-state index is 11.3. The normalized spacial score (nSPS) is 11.4. The van der Waals surface area contributed by atoms with E-state index in [0.29, 0.717) is 0 Å². The number of carbonyl (C=O) groups excluding carboxylic acids is 2. The highest BCUT2D eigenvalue weighted by Crippen LogP contribution is 2.16. The molecule has 1 aromatic carbocycles. The summed E-state index contributed by atoms with van der Waals surface area (Å²) < 4.78 is 5.06. The van der Waals surface area contributed by atoms with Gasteiger partial charge in [-0.05, 0) is 12.1 Å². The van der Waals surface area contributed by atoms with E-state index in [-0.39, 0.29) is 24.6 Å². The Balaban J connectivity index is 2.37. The molecule has 2 amide bonds. The average molecular weight is 283 g/mol. The summed E-state index contributed by atoms with van der Waals surface area (Å²) in [6.07, 6.45) is -1.46. The minimum atomic E-state index is -1.46. The van der Waals surface area contributed by atoms with E-state index in [0.717, 1.165) is 0 Å². The van der Waals surface area contributed by atoms with Gasteiger partial charge < -0.3 is 20.9 Å². The molecule has 0 saturated heterocycles. The van der Waals surface area contributed by atoms with Crippen LogP contribution in [-0.4, -0.2) is 41.1 Å². The van der Waals surface area contributed by atoms with E-state index in [1.807, 2.05) is 0 Å². The lowest BCUT2D eigenvalue weighted by Gasteiger charge is -2.09. The molecule has 1 rings (SSSR count). The molecule has 20 heavy (non-hydrogen) atoms. The van der Waals surface area contributed by atoms with E-state index in [2.05, 4.69) is 5.32 Å². The third kappa shape index (κ3) is 4.90. The minimum Gasteiger partial charge on any atom is -0.484 e. The number of nitro benzene ring substituents is 1. The number of nitrogens with one attached hydrogen (secondary N) is 1. The maximum Gasteiger partial charge on any atom is 0.269 e. The molecule has 0 heterocycles. The number of hydrogen-bond acceptors (Lipinski definition) is 6. The Labute approximate surface area is 113 Å². The fraction of sp³-hybridized carbons (Fsp3) is 0.273. The zero-order valence-electron chi connectivity index (χ0n) is 10.3. The SMILES string of the molecule is NC(=O)C(O)CNC(=O)COc1ccc([N+](=O)[O-])cc1. The number of aliphatic hydroxyl groups excluding tert-OH is 1. The van der Waals surface area contributed by atoms with Crippen LogP contribution in [0, 0.1) is 10.1 Å². The van der Waals surface area contributed by atoms with Gasteiger partial charge in [-0.2, -0.15) is 0 Å². The first kappa shape index (κ1) is 15.4. The molecular formula is C11H13N3O6. The summed E-state index contributed by atoms with van der Waals surface area (Å²) in [7, 11) is 0. The molecule has 9 heteroatoms. The molecule has 1 unspecified atom stereocenters. The highest BCUT2D eigenvalue weighted by Gasteiger charge is 2.12. The molecule has 1 aromatic rings. The Morgan fingerprint density at radius 2 is 2.00 bits per heavy atom. The number of amides is 2. The van der Waals surface area contributed by atoms with Gasteiger partial charge in [0.05, 0.1) is 11.5 Å². The first-order valence-electron chi connectivity index (χ1n) is 5.51. The summed E-state index contributed by atoms with van der Waals surface area (Å²) in [5, 5.41) is 21.7. The first-order chi connectivity index (χ1) is 9.40. The van der Waals surface area contributed by atoms with Crippen LogP contribution >= 0.6 is 0 Å². The zero-order valence-corrected chi connectivity index (χ0v) is 10.3. The quantitative estimate of drug-likeness (QED) is 0.429. The lowest BCUT2D eigenvalue weighted by molar-refractivity contribution is -0.384. The van der Waals surface area contributed by atoms with Crippen LogP contribution in [0.15, 0.2) is 24.3 Å². The van der Waals surface area contributed by atoms with Crippen LogP contribution in [0.2, 0.25) is 0 Å². The summed E-state index contributed by atoms with van der Waals surface area (Å²) in [4.78, 5) is 31.7. The Morgan fingerprint density at radius 3 is 2.50 bits per heavy atom. The van der Waals surface area contributed by atoms with E-state index < -0.39 is 22.8 Å². The summed E-state index contributed by atoms with van der Waals surface area (Å²) >= 11 is 0. The van der Waals surface area contributed by atoms with Crippen LogP contribution in [0.3, 0.4) is 0 Å². The smallest absolute Gasteiger partial charge is 0.269 e. The van der Waals surface area contributed by atoms with E-state index in [9.17, 15) is 19.7 Å². The van der Waals surface area contributed by atoms with E-state index in [1.54, 1.807) is 0 Å². The van der Waals surface area contributed by atoms with Crippen molar-refractivity contribution < 1.29 is 24.4 Å². The van der Waals surface area contributed by atoms with Gasteiger partial charge in [0.2, 0.25) is 5.91 Å². The molecule has 0 aliphatic heterocycles. The number of ether oxygens (including phenoxy) is 1. The van der Waals surface area contributed by atoms with Crippen molar-refractivity contribution in [1.29, 1.82) is 0 Å². The van der Waals surface area contributed by atoms with Gasteiger partial charge >= 0.3 is 0 Å². The molecule has 1 atom stereocenters. The molecule has 108 valence electrons. The molecule has 0 bridgehead atoms. The van der Waals surface area contributed by atoms with Crippen LogP contribution < -0.4 is 15.8 Å². The second-order valence-corrected chi connectivity index (χ2v) is 3.76. The fourth-order valence-electron chi connectivity index (χ4n) is 1.18. The minimum absolute atomic E-state index is 0.0913. The van der Waals surface area contributed by atoms with Gasteiger partial charge in [-0.15, -0.1) is 0 Å². The summed E-state index contributed by atoms with van der Waals surface area (Å²) in [6.45, 7) is -0.666. The standard InChI is InChI=1S/C11H13N3O6/c12-11(17)9(15)5-13-10(16)6-20-8-3-1-7(2-4-8)14(18)19/h1-4,9,15H,5-6H2,(H2,12,17)(H,13,16). The van der Waals surface area contributed by atoms with E-state index >= 15 is 0 Å². The Hall–Kier alpha value is -2.68. The van der Waals surface area contributed by atoms with Crippen molar-refractivity contribution >= 4 is 17.5 Å². The van der Waals surface area contributed by atoms with Gasteiger partial charge in [-0.1, -0.05) is 0 Å². The number of carbonyl (C=O) groups is 2. The third-order valence-electron chi connectivity index (χ3n) is 2.24. The third-order valence-corrected chi connectivity index (χ3v) is 2.24. The van der Waals surface area contributed by atoms with Crippen molar-refractivity contribution in [2.24, 2.45) is 5.73 Å². The summed E-state index contributed by atoms with van der Waals surface area (Å²) in [5.74, 6) is -1.23. The second kappa shape index (κ2) is 7.04. The van der Waals surface area contributed by atoms with Crippen LogP contribution in [0.4, 0.5) is 5.69 Å². The van der Waals surface area contributed by atoms with Gasteiger partial charge in [0, 0.05) is 12.1 Å². The van der Waals surface area contributed by atoms with Crippen LogP contribution in [-0.2, 0) is 9.59 Å². The number of hydrogen-bond donors (Lipinski definition) is 3. The molecule has 0 saturated carbocycles. The number of primary amides is 1. The molecule has 0 aliphatic carbocycles. The molecule has 0 spiro atoms. The molecule has 0 radical (unpaired) electrons. The lowest BCUT2D eigenvalue weighted by Crippen LogP contribution is -2.41. The van der Waals surface area contributed by atoms with Crippen molar-refractivity contribution in [2.75, 3.05) is 13.2 Å².